The van der Waals surface area contributed by atoms with Crippen LogP contribution in [0.25, 0.3) is 11.4 Å². The molecule has 2 rings (SSSR count). The van der Waals surface area contributed by atoms with Gasteiger partial charge in [-0.2, -0.15) is 0 Å². The summed E-state index contributed by atoms with van der Waals surface area (Å²) in [7, 11) is 1.90. The lowest BCUT2D eigenvalue weighted by molar-refractivity contribution is 0.833. The minimum absolute atomic E-state index is 0.404. The van der Waals surface area contributed by atoms with Gasteiger partial charge in [0, 0.05) is 28.3 Å². The van der Waals surface area contributed by atoms with Gasteiger partial charge in [0.25, 0.3) is 0 Å². The molecule has 0 unspecified atom stereocenters. The van der Waals surface area contributed by atoms with Crippen LogP contribution in [-0.4, -0.2) is 17.0 Å². The van der Waals surface area contributed by atoms with E-state index in [2.05, 4.69) is 45.1 Å². The Labute approximate surface area is 122 Å². The molecule has 4 heteroatoms. The second-order valence-electron chi connectivity index (χ2n) is 4.81. The monoisotopic (exact) mass is 319 g/mol. The van der Waals surface area contributed by atoms with Crippen molar-refractivity contribution < 1.29 is 0 Å². The van der Waals surface area contributed by atoms with E-state index in [1.165, 1.54) is 5.56 Å². The quantitative estimate of drug-likeness (QED) is 0.912. The molecule has 0 saturated heterocycles. The first-order valence-corrected chi connectivity index (χ1v) is 7.14. The summed E-state index contributed by atoms with van der Waals surface area (Å²) in [4.78, 5) is 9.27. The van der Waals surface area contributed by atoms with Gasteiger partial charge < -0.3 is 5.32 Å². The van der Waals surface area contributed by atoms with Crippen molar-refractivity contribution in [1.29, 1.82) is 0 Å². The molecule has 0 fully saturated rings. The predicted octanol–water partition coefficient (Wildman–Crippen LogP) is 4.38. The third-order valence-corrected chi connectivity index (χ3v) is 3.58. The van der Waals surface area contributed by atoms with Crippen molar-refractivity contribution in [2.24, 2.45) is 0 Å². The highest BCUT2D eigenvalue weighted by molar-refractivity contribution is 9.10. The van der Waals surface area contributed by atoms with Crippen molar-refractivity contribution in [2.75, 3.05) is 12.4 Å². The molecule has 1 aromatic heterocycles. The number of rotatable bonds is 3. The molecule has 0 aliphatic rings. The van der Waals surface area contributed by atoms with Gasteiger partial charge in [-0.25, -0.2) is 9.97 Å². The molecule has 1 heterocycles. The fourth-order valence-electron chi connectivity index (χ4n) is 2.19. The van der Waals surface area contributed by atoms with Gasteiger partial charge in [0.2, 0.25) is 0 Å². The summed E-state index contributed by atoms with van der Waals surface area (Å²) in [5.41, 5.74) is 3.24. The van der Waals surface area contributed by atoms with Crippen LogP contribution in [-0.2, 0) is 0 Å². The summed E-state index contributed by atoms with van der Waals surface area (Å²) >= 11 is 3.44. The number of nitrogens with one attached hydrogen (secondary N) is 1. The van der Waals surface area contributed by atoms with Gasteiger partial charge in [0.15, 0.2) is 5.82 Å². The van der Waals surface area contributed by atoms with Crippen LogP contribution in [0.5, 0.6) is 0 Å². The molecule has 1 N–H and O–H groups in total. The SMILES string of the molecule is CNc1nc(-c2ccc(Br)cc2)nc(C)c1C(C)C. The van der Waals surface area contributed by atoms with Gasteiger partial charge in [-0.1, -0.05) is 41.9 Å². The Balaban J connectivity index is 2.54. The largest absolute Gasteiger partial charge is 0.373 e. The first kappa shape index (κ1) is 14.0. The molecule has 0 saturated carbocycles. The van der Waals surface area contributed by atoms with E-state index in [0.717, 1.165) is 27.4 Å². The van der Waals surface area contributed by atoms with Crippen LogP contribution >= 0.6 is 15.9 Å². The van der Waals surface area contributed by atoms with E-state index in [0.29, 0.717) is 5.92 Å². The van der Waals surface area contributed by atoms with Crippen molar-refractivity contribution in [3.8, 4) is 11.4 Å². The molecular weight excluding hydrogens is 302 g/mol. The second-order valence-corrected chi connectivity index (χ2v) is 5.72. The van der Waals surface area contributed by atoms with Gasteiger partial charge in [-0.05, 0) is 25.0 Å². The Morgan fingerprint density at radius 2 is 1.74 bits per heavy atom. The maximum atomic E-state index is 4.64. The Morgan fingerprint density at radius 1 is 1.11 bits per heavy atom. The average Bonchev–Trinajstić information content (AvgIpc) is 2.38. The number of hydrogen-bond donors (Lipinski definition) is 1. The number of hydrogen-bond acceptors (Lipinski definition) is 3. The van der Waals surface area contributed by atoms with Crippen LogP contribution < -0.4 is 5.32 Å². The lowest BCUT2D eigenvalue weighted by atomic mass is 10.0. The van der Waals surface area contributed by atoms with Crippen LogP contribution in [0, 0.1) is 6.92 Å². The number of nitrogens with zero attached hydrogens (tertiary/aromatic N) is 2. The van der Waals surface area contributed by atoms with Crippen molar-refractivity contribution in [3.05, 3.63) is 40.0 Å². The summed E-state index contributed by atoms with van der Waals surface area (Å²) in [6.45, 7) is 6.36. The third-order valence-electron chi connectivity index (χ3n) is 3.05. The van der Waals surface area contributed by atoms with Crippen molar-refractivity contribution in [3.63, 3.8) is 0 Å². The summed E-state index contributed by atoms with van der Waals surface area (Å²) in [6.07, 6.45) is 0. The summed E-state index contributed by atoms with van der Waals surface area (Å²) in [5, 5.41) is 3.18. The fraction of sp³-hybridized carbons (Fsp3) is 0.333. The van der Waals surface area contributed by atoms with Crippen LogP contribution in [0.3, 0.4) is 0 Å². The third kappa shape index (κ3) is 2.95. The molecule has 2 aromatic rings. The van der Waals surface area contributed by atoms with Crippen LogP contribution in [0.4, 0.5) is 5.82 Å². The van der Waals surface area contributed by atoms with Crippen molar-refractivity contribution >= 4 is 21.7 Å². The average molecular weight is 320 g/mol. The molecule has 3 nitrogen and oxygen atoms in total. The maximum absolute atomic E-state index is 4.64. The number of anilines is 1. The van der Waals surface area contributed by atoms with E-state index in [4.69, 9.17) is 0 Å². The topological polar surface area (TPSA) is 37.8 Å². The van der Waals surface area contributed by atoms with Crippen molar-refractivity contribution in [1.82, 2.24) is 9.97 Å². The summed E-state index contributed by atoms with van der Waals surface area (Å²) < 4.78 is 1.06. The molecule has 1 aromatic carbocycles. The highest BCUT2D eigenvalue weighted by Gasteiger charge is 2.14. The molecule has 0 radical (unpaired) electrons. The predicted molar refractivity (Wildman–Crippen MR) is 83.5 cm³/mol. The first-order chi connectivity index (χ1) is 9.02. The van der Waals surface area contributed by atoms with Crippen molar-refractivity contribution in [2.45, 2.75) is 26.7 Å². The summed E-state index contributed by atoms with van der Waals surface area (Å²) in [6, 6.07) is 8.05. The molecule has 0 atom stereocenters. The van der Waals surface area contributed by atoms with Crippen LogP contribution in [0.15, 0.2) is 28.7 Å². The number of benzene rings is 1. The number of halogens is 1. The molecule has 0 bridgehead atoms. The zero-order valence-corrected chi connectivity index (χ0v) is 13.2. The minimum Gasteiger partial charge on any atom is -0.373 e. The Kier molecular flexibility index (Phi) is 4.20. The molecule has 19 heavy (non-hydrogen) atoms. The van der Waals surface area contributed by atoms with E-state index < -0.39 is 0 Å². The molecule has 100 valence electrons. The summed E-state index contributed by atoms with van der Waals surface area (Å²) in [5.74, 6) is 2.08. The lowest BCUT2D eigenvalue weighted by Crippen LogP contribution is -2.06. The van der Waals surface area contributed by atoms with E-state index >= 15 is 0 Å². The van der Waals surface area contributed by atoms with Gasteiger partial charge in [0.05, 0.1) is 0 Å². The highest BCUT2D eigenvalue weighted by Crippen LogP contribution is 2.28. The Bertz CT molecular complexity index is 577. The standard InChI is InChI=1S/C15H18BrN3/c1-9(2)13-10(3)18-14(19-15(13)17-4)11-5-7-12(16)8-6-11/h5-9H,1-4H3,(H,17,18,19). The zero-order chi connectivity index (χ0) is 14.0. The highest BCUT2D eigenvalue weighted by atomic mass is 79.9. The van der Waals surface area contributed by atoms with Gasteiger partial charge >= 0.3 is 0 Å². The number of aromatic nitrogens is 2. The molecular formula is C15H18BrN3. The number of aryl methyl sites for hydroxylation is 1. The Hall–Kier alpha value is -1.42. The van der Waals surface area contributed by atoms with E-state index in [1.54, 1.807) is 0 Å². The second kappa shape index (κ2) is 5.70. The maximum Gasteiger partial charge on any atom is 0.161 e. The molecule has 0 aliphatic heterocycles. The van der Waals surface area contributed by atoms with Crippen LogP contribution in [0.1, 0.15) is 31.0 Å². The zero-order valence-electron chi connectivity index (χ0n) is 11.7. The molecule has 0 amide bonds. The molecule has 0 spiro atoms. The van der Waals surface area contributed by atoms with Gasteiger partial charge in [-0.3, -0.25) is 0 Å². The lowest BCUT2D eigenvalue weighted by Gasteiger charge is -2.15. The van der Waals surface area contributed by atoms with Gasteiger partial charge in [0.1, 0.15) is 5.82 Å². The molecule has 0 aliphatic carbocycles. The van der Waals surface area contributed by atoms with E-state index in [-0.39, 0.29) is 0 Å². The first-order valence-electron chi connectivity index (χ1n) is 6.35. The minimum atomic E-state index is 0.404. The van der Waals surface area contributed by atoms with E-state index in [1.807, 2.05) is 38.2 Å². The van der Waals surface area contributed by atoms with E-state index in [9.17, 15) is 0 Å². The normalized spacial score (nSPS) is 10.8. The van der Waals surface area contributed by atoms with Crippen LogP contribution in [0.2, 0.25) is 0 Å². The Morgan fingerprint density at radius 3 is 2.26 bits per heavy atom. The smallest absolute Gasteiger partial charge is 0.161 e. The fourth-order valence-corrected chi connectivity index (χ4v) is 2.46. The van der Waals surface area contributed by atoms with Gasteiger partial charge in [-0.15, -0.1) is 0 Å².